The summed E-state index contributed by atoms with van der Waals surface area (Å²) in [4.78, 5) is 27.8. The number of H-pyrrole nitrogens is 1. The summed E-state index contributed by atoms with van der Waals surface area (Å²) >= 11 is 5.89. The molecule has 9 heteroatoms. The molecule has 0 aliphatic carbocycles. The topological polar surface area (TPSA) is 115 Å². The highest BCUT2D eigenvalue weighted by Gasteiger charge is 2.32. The molecule has 1 aromatic carbocycles. The highest BCUT2D eigenvalue weighted by atomic mass is 35.5. The average Bonchev–Trinajstić information content (AvgIpc) is 3.07. The number of carbonyl (C=O) groups excluding carboxylic acids is 2. The number of carbonyl (C=O) groups is 2. The molecule has 1 saturated heterocycles. The SMILES string of the molecule is O=C(NCC(=O)N1C[C@@H](O)[C@@H](O)C1)Oc1cc2cc(Cl)ccc2[nH]1. The second-order valence-electron chi connectivity index (χ2n) is 5.54. The molecule has 1 aliphatic heterocycles. The molecule has 8 nitrogen and oxygen atoms in total. The Balaban J connectivity index is 1.52. The normalized spacial score (nSPS) is 20.4. The van der Waals surface area contributed by atoms with Crippen LogP contribution < -0.4 is 10.1 Å². The highest BCUT2D eigenvalue weighted by Crippen LogP contribution is 2.23. The predicted molar refractivity (Wildman–Crippen MR) is 85.9 cm³/mol. The Kier molecular flexibility index (Phi) is 4.61. The summed E-state index contributed by atoms with van der Waals surface area (Å²) in [5, 5.41) is 22.5. The van der Waals surface area contributed by atoms with Gasteiger partial charge >= 0.3 is 6.09 Å². The molecule has 2 atom stereocenters. The van der Waals surface area contributed by atoms with Crippen molar-refractivity contribution in [3.8, 4) is 5.88 Å². The Morgan fingerprint density at radius 2 is 2.00 bits per heavy atom. The van der Waals surface area contributed by atoms with Crippen LogP contribution in [0.15, 0.2) is 24.3 Å². The van der Waals surface area contributed by atoms with Gasteiger partial charge in [0.25, 0.3) is 0 Å². The van der Waals surface area contributed by atoms with Crippen molar-refractivity contribution in [3.63, 3.8) is 0 Å². The number of benzene rings is 1. The van der Waals surface area contributed by atoms with Crippen molar-refractivity contribution >= 4 is 34.5 Å². The summed E-state index contributed by atoms with van der Waals surface area (Å²) in [6, 6.07) is 6.82. The summed E-state index contributed by atoms with van der Waals surface area (Å²) in [6.45, 7) is -0.205. The van der Waals surface area contributed by atoms with Crippen LogP contribution in [0.3, 0.4) is 0 Å². The number of aromatic amines is 1. The van der Waals surface area contributed by atoms with Crippen LogP contribution in [0.1, 0.15) is 0 Å². The maximum atomic E-state index is 11.9. The van der Waals surface area contributed by atoms with E-state index in [-0.39, 0.29) is 25.5 Å². The molecule has 0 radical (unpaired) electrons. The van der Waals surface area contributed by atoms with Gasteiger partial charge < -0.3 is 30.2 Å². The van der Waals surface area contributed by atoms with Crippen LogP contribution >= 0.6 is 11.6 Å². The van der Waals surface area contributed by atoms with E-state index in [1.807, 2.05) is 0 Å². The number of hydrogen-bond acceptors (Lipinski definition) is 5. The highest BCUT2D eigenvalue weighted by molar-refractivity contribution is 6.31. The summed E-state index contributed by atoms with van der Waals surface area (Å²) in [5.41, 5.74) is 0.762. The maximum absolute atomic E-state index is 11.9. The molecule has 0 bridgehead atoms. The van der Waals surface area contributed by atoms with Crippen LogP contribution in [-0.4, -0.2) is 63.9 Å². The molecule has 0 spiro atoms. The van der Waals surface area contributed by atoms with Crippen molar-refractivity contribution in [2.24, 2.45) is 0 Å². The Labute approximate surface area is 142 Å². The second-order valence-corrected chi connectivity index (χ2v) is 5.98. The van der Waals surface area contributed by atoms with Gasteiger partial charge in [-0.05, 0) is 18.2 Å². The first-order valence-electron chi connectivity index (χ1n) is 7.30. The molecule has 1 fully saturated rings. The van der Waals surface area contributed by atoms with E-state index in [0.29, 0.717) is 5.02 Å². The third-order valence-corrected chi connectivity index (χ3v) is 3.99. The van der Waals surface area contributed by atoms with E-state index in [9.17, 15) is 19.8 Å². The van der Waals surface area contributed by atoms with Crippen molar-refractivity contribution in [2.75, 3.05) is 19.6 Å². The summed E-state index contributed by atoms with van der Waals surface area (Å²) in [7, 11) is 0. The van der Waals surface area contributed by atoms with Crippen LogP contribution in [-0.2, 0) is 4.79 Å². The standard InChI is InChI=1S/C15H16ClN3O5/c16-9-1-2-10-8(3-9)4-13(18-10)24-15(23)17-5-14(22)19-6-11(20)12(21)7-19/h1-4,11-12,18,20-21H,5-7H2,(H,17,23)/t11-,12+. The van der Waals surface area contributed by atoms with E-state index in [0.717, 1.165) is 10.9 Å². The minimum absolute atomic E-state index is 0.0412. The summed E-state index contributed by atoms with van der Waals surface area (Å²) in [5.74, 6) is -0.185. The number of aliphatic hydroxyl groups excluding tert-OH is 2. The smallest absolute Gasteiger partial charge is 0.393 e. The van der Waals surface area contributed by atoms with Crippen LogP contribution in [0.25, 0.3) is 10.9 Å². The van der Waals surface area contributed by atoms with E-state index in [1.165, 1.54) is 4.90 Å². The fourth-order valence-corrected chi connectivity index (χ4v) is 2.68. The molecule has 2 heterocycles. The van der Waals surface area contributed by atoms with Crippen molar-refractivity contribution in [1.29, 1.82) is 0 Å². The third-order valence-electron chi connectivity index (χ3n) is 3.76. The molecule has 1 aromatic heterocycles. The van der Waals surface area contributed by atoms with Gasteiger partial charge in [-0.1, -0.05) is 11.6 Å². The fraction of sp³-hybridized carbons (Fsp3) is 0.333. The first-order chi connectivity index (χ1) is 11.4. The van der Waals surface area contributed by atoms with Crippen LogP contribution in [0.4, 0.5) is 4.79 Å². The Morgan fingerprint density at radius 3 is 2.71 bits per heavy atom. The minimum atomic E-state index is -0.959. The van der Waals surface area contributed by atoms with Crippen LogP contribution in [0, 0.1) is 0 Å². The molecule has 24 heavy (non-hydrogen) atoms. The van der Waals surface area contributed by atoms with E-state index >= 15 is 0 Å². The third kappa shape index (κ3) is 3.61. The molecule has 2 aromatic rings. The number of nitrogens with one attached hydrogen (secondary N) is 2. The number of ether oxygens (including phenoxy) is 1. The van der Waals surface area contributed by atoms with Crippen LogP contribution in [0.5, 0.6) is 5.88 Å². The number of aromatic nitrogens is 1. The molecule has 0 unspecified atom stereocenters. The fourth-order valence-electron chi connectivity index (χ4n) is 2.50. The number of likely N-dealkylation sites (tertiary alicyclic amines) is 1. The molecular formula is C15H16ClN3O5. The largest absolute Gasteiger partial charge is 0.414 e. The first-order valence-corrected chi connectivity index (χ1v) is 7.68. The van der Waals surface area contributed by atoms with Gasteiger partial charge in [-0.15, -0.1) is 0 Å². The molecule has 3 rings (SSSR count). The number of amides is 2. The maximum Gasteiger partial charge on any atom is 0.414 e. The number of halogens is 1. The number of hydrogen-bond donors (Lipinski definition) is 4. The van der Waals surface area contributed by atoms with Crippen LogP contribution in [0.2, 0.25) is 5.02 Å². The first kappa shape index (κ1) is 16.6. The Bertz CT molecular complexity index is 768. The molecule has 4 N–H and O–H groups in total. The van der Waals surface area contributed by atoms with Gasteiger partial charge in [0.05, 0.1) is 12.2 Å². The van der Waals surface area contributed by atoms with E-state index < -0.39 is 24.2 Å². The van der Waals surface area contributed by atoms with Gasteiger partial charge in [-0.25, -0.2) is 4.79 Å². The summed E-state index contributed by atoms with van der Waals surface area (Å²) in [6.07, 6.45) is -2.71. The molecule has 128 valence electrons. The molecule has 2 amide bonds. The van der Waals surface area contributed by atoms with E-state index in [1.54, 1.807) is 24.3 Å². The number of rotatable bonds is 3. The van der Waals surface area contributed by atoms with Gasteiger partial charge in [0, 0.05) is 35.1 Å². The lowest BCUT2D eigenvalue weighted by Crippen LogP contribution is -2.40. The van der Waals surface area contributed by atoms with Crippen molar-refractivity contribution in [3.05, 3.63) is 29.3 Å². The lowest BCUT2D eigenvalue weighted by molar-refractivity contribution is -0.129. The molecule has 0 saturated carbocycles. The zero-order valence-corrected chi connectivity index (χ0v) is 13.3. The summed E-state index contributed by atoms with van der Waals surface area (Å²) < 4.78 is 5.08. The van der Waals surface area contributed by atoms with Gasteiger partial charge in [0.2, 0.25) is 11.8 Å². The monoisotopic (exact) mass is 353 g/mol. The quantitative estimate of drug-likeness (QED) is 0.640. The number of fused-ring (bicyclic) bond motifs is 1. The molecular weight excluding hydrogens is 338 g/mol. The Morgan fingerprint density at radius 1 is 1.29 bits per heavy atom. The predicted octanol–water partition coefficient (Wildman–Crippen LogP) is 0.474. The van der Waals surface area contributed by atoms with Crippen molar-refractivity contribution in [2.45, 2.75) is 12.2 Å². The van der Waals surface area contributed by atoms with Gasteiger partial charge in [0.15, 0.2) is 0 Å². The minimum Gasteiger partial charge on any atom is -0.393 e. The molecule has 1 aliphatic rings. The van der Waals surface area contributed by atoms with Gasteiger partial charge in [-0.3, -0.25) is 4.79 Å². The average molecular weight is 354 g/mol. The van der Waals surface area contributed by atoms with Crippen molar-refractivity contribution < 1.29 is 24.5 Å². The Hall–Kier alpha value is -2.29. The second kappa shape index (κ2) is 6.68. The zero-order chi connectivity index (χ0) is 17.3. The van der Waals surface area contributed by atoms with E-state index in [2.05, 4.69) is 10.3 Å². The van der Waals surface area contributed by atoms with Crippen molar-refractivity contribution in [1.82, 2.24) is 15.2 Å². The number of nitrogens with zero attached hydrogens (tertiary/aromatic N) is 1. The number of β-amino-alcohol motifs (C(OH)–C–C–N with tert-alkyl or cyclic N) is 2. The lowest BCUT2D eigenvalue weighted by atomic mass is 10.2. The van der Waals surface area contributed by atoms with Gasteiger partial charge in [0.1, 0.15) is 6.54 Å². The van der Waals surface area contributed by atoms with E-state index in [4.69, 9.17) is 16.3 Å². The van der Waals surface area contributed by atoms with Gasteiger partial charge in [-0.2, -0.15) is 0 Å². The zero-order valence-electron chi connectivity index (χ0n) is 12.5. The number of aliphatic hydroxyl groups is 2. The lowest BCUT2D eigenvalue weighted by Gasteiger charge is -2.15.